The maximum atomic E-state index is 11.8. The standard InChI is InChI=1S/C13H18N2O5S/c1-8-5-10(13(17)18)12(11(6-8)21(14,19)20)15-4-2-3-9(16)7-15/h5-6,9,16H,2-4,7H2,1H3,(H,17,18)(H2,14,19,20). The van der Waals surface area contributed by atoms with E-state index in [0.717, 1.165) is 0 Å². The van der Waals surface area contributed by atoms with E-state index >= 15 is 0 Å². The number of carbonyl (C=O) groups is 1. The van der Waals surface area contributed by atoms with E-state index in [9.17, 15) is 23.4 Å². The Labute approximate surface area is 123 Å². The van der Waals surface area contributed by atoms with Crippen molar-refractivity contribution in [2.45, 2.75) is 30.8 Å². The topological polar surface area (TPSA) is 121 Å². The number of nitrogens with zero attached hydrogens (tertiary/aromatic N) is 1. The summed E-state index contributed by atoms with van der Waals surface area (Å²) in [4.78, 5) is 12.8. The van der Waals surface area contributed by atoms with Crippen molar-refractivity contribution in [2.24, 2.45) is 5.14 Å². The van der Waals surface area contributed by atoms with E-state index in [1.165, 1.54) is 12.1 Å². The zero-order chi connectivity index (χ0) is 15.8. The monoisotopic (exact) mass is 314 g/mol. The summed E-state index contributed by atoms with van der Waals surface area (Å²) < 4.78 is 23.6. The first-order valence-electron chi connectivity index (χ1n) is 6.54. The fourth-order valence-corrected chi connectivity index (χ4v) is 3.47. The zero-order valence-corrected chi connectivity index (χ0v) is 12.4. The lowest BCUT2D eigenvalue weighted by Gasteiger charge is -2.34. The van der Waals surface area contributed by atoms with Crippen LogP contribution in [0.15, 0.2) is 17.0 Å². The van der Waals surface area contributed by atoms with Gasteiger partial charge < -0.3 is 15.1 Å². The second-order valence-corrected chi connectivity index (χ2v) is 6.78. The molecule has 7 nitrogen and oxygen atoms in total. The van der Waals surface area contributed by atoms with Crippen LogP contribution in [-0.4, -0.2) is 43.8 Å². The van der Waals surface area contributed by atoms with Crippen LogP contribution in [0.4, 0.5) is 5.69 Å². The molecule has 1 aliphatic rings. The van der Waals surface area contributed by atoms with Gasteiger partial charge in [-0.3, -0.25) is 0 Å². The number of primary sulfonamides is 1. The van der Waals surface area contributed by atoms with Crippen LogP contribution in [-0.2, 0) is 10.0 Å². The number of nitrogens with two attached hydrogens (primary N) is 1. The Bertz CT molecular complexity index is 671. The van der Waals surface area contributed by atoms with Gasteiger partial charge in [-0.2, -0.15) is 0 Å². The number of aryl methyl sites for hydroxylation is 1. The van der Waals surface area contributed by atoms with Crippen LogP contribution in [0.5, 0.6) is 0 Å². The number of hydrogen-bond donors (Lipinski definition) is 3. The Morgan fingerprint density at radius 3 is 2.62 bits per heavy atom. The molecule has 1 saturated heterocycles. The predicted octanol–water partition coefficient (Wildman–Crippen LogP) is 0.302. The van der Waals surface area contributed by atoms with E-state index < -0.39 is 22.1 Å². The van der Waals surface area contributed by atoms with E-state index in [-0.39, 0.29) is 22.7 Å². The Hall–Kier alpha value is -1.64. The van der Waals surface area contributed by atoms with Gasteiger partial charge in [-0.25, -0.2) is 18.4 Å². The molecule has 4 N–H and O–H groups in total. The van der Waals surface area contributed by atoms with Gasteiger partial charge in [0.25, 0.3) is 0 Å². The molecule has 0 amide bonds. The highest BCUT2D eigenvalue weighted by atomic mass is 32.2. The highest BCUT2D eigenvalue weighted by molar-refractivity contribution is 7.89. The first-order chi connectivity index (χ1) is 9.70. The minimum Gasteiger partial charge on any atom is -0.478 e. The van der Waals surface area contributed by atoms with Gasteiger partial charge in [-0.1, -0.05) is 0 Å². The molecular weight excluding hydrogens is 296 g/mol. The van der Waals surface area contributed by atoms with Crippen molar-refractivity contribution in [1.29, 1.82) is 0 Å². The molecule has 1 unspecified atom stereocenters. The summed E-state index contributed by atoms with van der Waals surface area (Å²) in [6, 6.07) is 2.77. The Balaban J connectivity index is 2.68. The molecule has 0 saturated carbocycles. The van der Waals surface area contributed by atoms with Crippen LogP contribution in [0.2, 0.25) is 0 Å². The first-order valence-corrected chi connectivity index (χ1v) is 8.08. The zero-order valence-electron chi connectivity index (χ0n) is 11.6. The van der Waals surface area contributed by atoms with Gasteiger partial charge in [0.2, 0.25) is 10.0 Å². The van der Waals surface area contributed by atoms with Gasteiger partial charge >= 0.3 is 5.97 Å². The molecule has 0 aromatic heterocycles. The highest BCUT2D eigenvalue weighted by Gasteiger charge is 2.28. The SMILES string of the molecule is Cc1cc(C(=O)O)c(N2CCCC(O)C2)c(S(N)(=O)=O)c1. The van der Waals surface area contributed by atoms with E-state index in [2.05, 4.69) is 0 Å². The normalized spacial score (nSPS) is 19.6. The van der Waals surface area contributed by atoms with Gasteiger partial charge in [-0.15, -0.1) is 0 Å². The smallest absolute Gasteiger partial charge is 0.337 e. The van der Waals surface area contributed by atoms with Crippen molar-refractivity contribution >= 4 is 21.7 Å². The molecule has 21 heavy (non-hydrogen) atoms. The summed E-state index contributed by atoms with van der Waals surface area (Å²) in [5, 5.41) is 24.3. The fourth-order valence-electron chi connectivity index (χ4n) is 2.61. The number of aliphatic hydroxyl groups excluding tert-OH is 1. The first kappa shape index (κ1) is 15.7. The summed E-state index contributed by atoms with van der Waals surface area (Å²) in [5.74, 6) is -1.22. The van der Waals surface area contributed by atoms with Crippen molar-refractivity contribution in [2.75, 3.05) is 18.0 Å². The van der Waals surface area contributed by atoms with Crippen LogP contribution in [0.25, 0.3) is 0 Å². The lowest BCUT2D eigenvalue weighted by molar-refractivity contribution is 0.0696. The quantitative estimate of drug-likeness (QED) is 0.738. The van der Waals surface area contributed by atoms with Crippen molar-refractivity contribution < 1.29 is 23.4 Å². The van der Waals surface area contributed by atoms with E-state index in [0.29, 0.717) is 24.9 Å². The Morgan fingerprint density at radius 1 is 1.43 bits per heavy atom. The van der Waals surface area contributed by atoms with E-state index in [1.807, 2.05) is 0 Å². The summed E-state index contributed by atoms with van der Waals surface area (Å²) >= 11 is 0. The number of piperidine rings is 1. The summed E-state index contributed by atoms with van der Waals surface area (Å²) in [6.07, 6.45) is 0.642. The number of hydrogen-bond acceptors (Lipinski definition) is 5. The molecule has 1 fully saturated rings. The van der Waals surface area contributed by atoms with Crippen molar-refractivity contribution in [1.82, 2.24) is 0 Å². The summed E-state index contributed by atoms with van der Waals surface area (Å²) in [6.45, 7) is 2.27. The molecule has 116 valence electrons. The number of rotatable bonds is 3. The molecule has 1 aliphatic heterocycles. The number of anilines is 1. The van der Waals surface area contributed by atoms with Gasteiger partial charge in [0.05, 0.1) is 17.4 Å². The van der Waals surface area contributed by atoms with Crippen molar-refractivity contribution in [3.05, 3.63) is 23.3 Å². The number of aliphatic hydroxyl groups is 1. The number of benzene rings is 1. The third-order valence-corrected chi connectivity index (χ3v) is 4.39. The van der Waals surface area contributed by atoms with Gasteiger partial charge in [0.15, 0.2) is 0 Å². The van der Waals surface area contributed by atoms with Gasteiger partial charge in [0, 0.05) is 13.1 Å². The molecule has 2 rings (SSSR count). The number of carboxylic acid groups (broad SMARTS) is 1. The van der Waals surface area contributed by atoms with E-state index in [4.69, 9.17) is 5.14 Å². The molecule has 0 spiro atoms. The Kier molecular flexibility index (Phi) is 4.22. The number of β-amino-alcohol motifs (C(OH)–C–C–N with tert-alkyl or cyclic N) is 1. The number of sulfonamides is 1. The largest absolute Gasteiger partial charge is 0.478 e. The summed E-state index contributed by atoms with van der Waals surface area (Å²) in [5.41, 5.74) is 0.445. The molecule has 1 heterocycles. The molecule has 0 radical (unpaired) electrons. The molecule has 0 bridgehead atoms. The molecule has 1 aromatic rings. The van der Waals surface area contributed by atoms with E-state index in [1.54, 1.807) is 11.8 Å². The van der Waals surface area contributed by atoms with Crippen LogP contribution >= 0.6 is 0 Å². The van der Waals surface area contributed by atoms with Crippen molar-refractivity contribution in [3.8, 4) is 0 Å². The lowest BCUT2D eigenvalue weighted by Crippen LogP contribution is -2.40. The molecule has 8 heteroatoms. The average molecular weight is 314 g/mol. The lowest BCUT2D eigenvalue weighted by atomic mass is 10.0. The Morgan fingerprint density at radius 2 is 2.10 bits per heavy atom. The van der Waals surface area contributed by atoms with Gasteiger partial charge in [-0.05, 0) is 37.5 Å². The molecule has 0 aliphatic carbocycles. The third-order valence-electron chi connectivity index (χ3n) is 3.47. The molecule has 1 atom stereocenters. The highest BCUT2D eigenvalue weighted by Crippen LogP contribution is 2.32. The van der Waals surface area contributed by atoms with Crippen LogP contribution in [0, 0.1) is 6.92 Å². The maximum Gasteiger partial charge on any atom is 0.337 e. The minimum atomic E-state index is -4.07. The second-order valence-electron chi connectivity index (χ2n) is 5.25. The van der Waals surface area contributed by atoms with Crippen molar-refractivity contribution in [3.63, 3.8) is 0 Å². The predicted molar refractivity (Wildman–Crippen MR) is 77.0 cm³/mol. The van der Waals surface area contributed by atoms with Crippen LogP contribution in [0.3, 0.4) is 0 Å². The fraction of sp³-hybridized carbons (Fsp3) is 0.462. The molecular formula is C13H18N2O5S. The van der Waals surface area contributed by atoms with Crippen LogP contribution in [0.1, 0.15) is 28.8 Å². The minimum absolute atomic E-state index is 0.0642. The summed E-state index contributed by atoms with van der Waals surface area (Å²) in [7, 11) is -4.07. The second kappa shape index (κ2) is 5.63. The van der Waals surface area contributed by atoms with Gasteiger partial charge in [0.1, 0.15) is 4.90 Å². The number of carboxylic acids is 1. The maximum absolute atomic E-state index is 11.8. The third kappa shape index (κ3) is 3.34. The molecule has 1 aromatic carbocycles. The average Bonchev–Trinajstić information content (AvgIpc) is 2.36. The number of aromatic carboxylic acids is 1. The van der Waals surface area contributed by atoms with Crippen LogP contribution < -0.4 is 10.0 Å².